The first kappa shape index (κ1) is 16.3. The number of hydrogen-bond acceptors (Lipinski definition) is 4. The zero-order chi connectivity index (χ0) is 16.3. The van der Waals surface area contributed by atoms with Gasteiger partial charge in [-0.2, -0.15) is 0 Å². The van der Waals surface area contributed by atoms with E-state index in [1.165, 1.54) is 44.5 Å². The molecule has 0 aliphatic rings. The number of ether oxygens (including phenoxy) is 1. The van der Waals surface area contributed by atoms with Crippen molar-refractivity contribution in [1.82, 2.24) is 0 Å². The molecule has 0 spiro atoms. The number of carbonyl (C=O) groups is 1. The van der Waals surface area contributed by atoms with Gasteiger partial charge in [-0.1, -0.05) is 17.7 Å². The fourth-order valence-electron chi connectivity index (χ4n) is 1.85. The Kier molecular flexibility index (Phi) is 4.73. The third-order valence-corrected chi connectivity index (χ3v) is 5.15. The lowest BCUT2D eigenvalue weighted by molar-refractivity contribution is 0.0600. The molecule has 0 saturated heterocycles. The summed E-state index contributed by atoms with van der Waals surface area (Å²) in [5.74, 6) is -0.529. The van der Waals surface area contributed by atoms with E-state index in [4.69, 9.17) is 11.6 Å². The number of hydrogen-bond donors (Lipinski definition) is 0. The number of esters is 1. The minimum atomic E-state index is -3.74. The lowest BCUT2D eigenvalue weighted by atomic mass is 10.2. The Labute approximate surface area is 134 Å². The van der Waals surface area contributed by atoms with Gasteiger partial charge in [0.1, 0.15) is 0 Å². The first-order chi connectivity index (χ1) is 10.4. The SMILES string of the molecule is COC(=O)c1cccc(N(C)S(=O)(=O)c2ccc(Cl)cc2)c1. The van der Waals surface area contributed by atoms with Gasteiger partial charge in [-0.15, -0.1) is 0 Å². The average molecular weight is 340 g/mol. The maximum atomic E-state index is 12.6. The number of nitrogens with zero attached hydrogens (tertiary/aromatic N) is 1. The van der Waals surface area contributed by atoms with Crippen LogP contribution in [0.15, 0.2) is 53.4 Å². The Bertz CT molecular complexity index is 787. The van der Waals surface area contributed by atoms with E-state index < -0.39 is 16.0 Å². The fourth-order valence-corrected chi connectivity index (χ4v) is 3.16. The average Bonchev–Trinajstić information content (AvgIpc) is 2.53. The van der Waals surface area contributed by atoms with Crippen molar-refractivity contribution in [2.75, 3.05) is 18.5 Å². The Morgan fingerprint density at radius 3 is 2.36 bits per heavy atom. The van der Waals surface area contributed by atoms with Crippen LogP contribution in [0.25, 0.3) is 0 Å². The molecule has 7 heteroatoms. The Morgan fingerprint density at radius 1 is 1.14 bits per heavy atom. The van der Waals surface area contributed by atoms with Gasteiger partial charge < -0.3 is 4.74 Å². The van der Waals surface area contributed by atoms with Crippen LogP contribution >= 0.6 is 11.6 Å². The standard InChI is InChI=1S/C15H14ClNO4S/c1-17(13-5-3-4-11(10-13)15(18)21-2)22(19,20)14-8-6-12(16)7-9-14/h3-10H,1-2H3. The van der Waals surface area contributed by atoms with Crippen molar-refractivity contribution in [1.29, 1.82) is 0 Å². The van der Waals surface area contributed by atoms with Gasteiger partial charge >= 0.3 is 5.97 Å². The number of carbonyl (C=O) groups excluding carboxylic acids is 1. The van der Waals surface area contributed by atoms with E-state index in [1.807, 2.05) is 0 Å². The van der Waals surface area contributed by atoms with Crippen LogP contribution < -0.4 is 4.31 Å². The topological polar surface area (TPSA) is 63.7 Å². The van der Waals surface area contributed by atoms with Crippen LogP contribution in [0.2, 0.25) is 5.02 Å². The molecule has 22 heavy (non-hydrogen) atoms. The van der Waals surface area contributed by atoms with E-state index >= 15 is 0 Å². The highest BCUT2D eigenvalue weighted by atomic mass is 35.5. The summed E-state index contributed by atoms with van der Waals surface area (Å²) < 4.78 is 30.9. The molecule has 5 nitrogen and oxygen atoms in total. The Balaban J connectivity index is 2.40. The number of sulfonamides is 1. The van der Waals surface area contributed by atoms with Crippen LogP contribution in [0.4, 0.5) is 5.69 Å². The number of methoxy groups -OCH3 is 1. The zero-order valence-electron chi connectivity index (χ0n) is 12.0. The molecule has 0 aromatic heterocycles. The molecule has 116 valence electrons. The summed E-state index contributed by atoms with van der Waals surface area (Å²) in [5.41, 5.74) is 0.635. The van der Waals surface area contributed by atoms with Crippen LogP contribution in [0.5, 0.6) is 0 Å². The minimum absolute atomic E-state index is 0.114. The number of halogens is 1. The summed E-state index contributed by atoms with van der Waals surface area (Å²) in [4.78, 5) is 11.7. The van der Waals surface area contributed by atoms with E-state index in [2.05, 4.69) is 4.74 Å². The first-order valence-corrected chi connectivity index (χ1v) is 8.11. The van der Waals surface area contributed by atoms with Gasteiger partial charge in [0.15, 0.2) is 0 Å². The summed E-state index contributed by atoms with van der Waals surface area (Å²) in [6.45, 7) is 0. The molecule has 2 rings (SSSR count). The molecule has 0 unspecified atom stereocenters. The van der Waals surface area contributed by atoms with Crippen molar-refractivity contribution in [2.45, 2.75) is 4.90 Å². The van der Waals surface area contributed by atoms with Crippen molar-refractivity contribution in [3.05, 3.63) is 59.1 Å². The third kappa shape index (κ3) is 3.23. The van der Waals surface area contributed by atoms with Crippen LogP contribution in [-0.4, -0.2) is 28.5 Å². The van der Waals surface area contributed by atoms with Gasteiger partial charge in [-0.25, -0.2) is 13.2 Å². The molecule has 0 saturated carbocycles. The second kappa shape index (κ2) is 6.37. The highest BCUT2D eigenvalue weighted by Gasteiger charge is 2.22. The molecule has 2 aromatic carbocycles. The predicted molar refractivity (Wildman–Crippen MR) is 84.8 cm³/mol. The van der Waals surface area contributed by atoms with Gasteiger partial charge in [-0.3, -0.25) is 4.31 Å². The quantitative estimate of drug-likeness (QED) is 0.803. The van der Waals surface area contributed by atoms with Gasteiger partial charge in [0.25, 0.3) is 10.0 Å². The van der Waals surface area contributed by atoms with Crippen LogP contribution in [0.1, 0.15) is 10.4 Å². The van der Waals surface area contributed by atoms with Gasteiger partial charge in [0.05, 0.1) is 23.3 Å². The molecule has 0 radical (unpaired) electrons. The lowest BCUT2D eigenvalue weighted by Crippen LogP contribution is -2.26. The second-order valence-corrected chi connectivity index (χ2v) is 6.87. The normalized spacial score (nSPS) is 11.0. The molecule has 0 heterocycles. The number of anilines is 1. The highest BCUT2D eigenvalue weighted by molar-refractivity contribution is 7.92. The van der Waals surface area contributed by atoms with E-state index in [1.54, 1.807) is 18.2 Å². The molecule has 0 aliphatic heterocycles. The van der Waals surface area contributed by atoms with E-state index in [0.717, 1.165) is 4.31 Å². The molecular formula is C15H14ClNO4S. The first-order valence-electron chi connectivity index (χ1n) is 6.29. The van der Waals surface area contributed by atoms with Crippen molar-refractivity contribution in [3.8, 4) is 0 Å². The predicted octanol–water partition coefficient (Wildman–Crippen LogP) is 2.95. The Morgan fingerprint density at radius 2 is 1.77 bits per heavy atom. The van der Waals surface area contributed by atoms with Crippen molar-refractivity contribution < 1.29 is 17.9 Å². The van der Waals surface area contributed by atoms with E-state index in [0.29, 0.717) is 10.7 Å². The summed E-state index contributed by atoms with van der Waals surface area (Å²) in [5, 5.41) is 0.453. The molecule has 0 bridgehead atoms. The second-order valence-electron chi connectivity index (χ2n) is 4.47. The monoisotopic (exact) mass is 339 g/mol. The summed E-state index contributed by atoms with van der Waals surface area (Å²) in [7, 11) is -1.05. The third-order valence-electron chi connectivity index (χ3n) is 3.10. The molecule has 0 N–H and O–H groups in total. The van der Waals surface area contributed by atoms with Crippen molar-refractivity contribution >= 4 is 33.3 Å². The highest BCUT2D eigenvalue weighted by Crippen LogP contribution is 2.24. The molecular weight excluding hydrogens is 326 g/mol. The van der Waals surface area contributed by atoms with Crippen LogP contribution in [0.3, 0.4) is 0 Å². The summed E-state index contributed by atoms with van der Waals surface area (Å²) in [6, 6.07) is 12.1. The summed E-state index contributed by atoms with van der Waals surface area (Å²) >= 11 is 5.77. The van der Waals surface area contributed by atoms with Crippen molar-refractivity contribution in [3.63, 3.8) is 0 Å². The summed E-state index contributed by atoms with van der Waals surface area (Å²) in [6.07, 6.45) is 0. The number of benzene rings is 2. The molecule has 0 amide bonds. The maximum Gasteiger partial charge on any atom is 0.337 e. The maximum absolute atomic E-state index is 12.6. The minimum Gasteiger partial charge on any atom is -0.465 e. The van der Waals surface area contributed by atoms with Crippen molar-refractivity contribution in [2.24, 2.45) is 0 Å². The van der Waals surface area contributed by atoms with Gasteiger partial charge in [-0.05, 0) is 42.5 Å². The van der Waals surface area contributed by atoms with Gasteiger partial charge in [0, 0.05) is 12.1 Å². The molecule has 0 fully saturated rings. The van der Waals surface area contributed by atoms with E-state index in [-0.39, 0.29) is 10.5 Å². The number of rotatable bonds is 4. The smallest absolute Gasteiger partial charge is 0.337 e. The largest absolute Gasteiger partial charge is 0.465 e. The zero-order valence-corrected chi connectivity index (χ0v) is 13.6. The van der Waals surface area contributed by atoms with Crippen LogP contribution in [-0.2, 0) is 14.8 Å². The molecule has 0 atom stereocenters. The van der Waals surface area contributed by atoms with E-state index in [9.17, 15) is 13.2 Å². The Hall–Kier alpha value is -2.05. The van der Waals surface area contributed by atoms with Gasteiger partial charge in [0.2, 0.25) is 0 Å². The lowest BCUT2D eigenvalue weighted by Gasteiger charge is -2.20. The molecule has 0 aliphatic carbocycles. The van der Waals surface area contributed by atoms with Crippen LogP contribution in [0, 0.1) is 0 Å². The fraction of sp³-hybridized carbons (Fsp3) is 0.133. The molecule has 2 aromatic rings.